The summed E-state index contributed by atoms with van der Waals surface area (Å²) in [6.07, 6.45) is 6.10. The van der Waals surface area contributed by atoms with Gasteiger partial charge in [-0.2, -0.15) is 5.26 Å². The van der Waals surface area contributed by atoms with E-state index in [2.05, 4.69) is 22.5 Å². The number of benzene rings is 1. The summed E-state index contributed by atoms with van der Waals surface area (Å²) in [5.41, 5.74) is 1.83. The average molecular weight is 355 g/mol. The summed E-state index contributed by atoms with van der Waals surface area (Å²) in [6.45, 7) is 2.15. The van der Waals surface area contributed by atoms with E-state index >= 15 is 0 Å². The fraction of sp³-hybridized carbons (Fsp3) is 0.211. The molecule has 0 aliphatic heterocycles. The molecule has 0 radical (unpaired) electrons. The third-order valence-corrected chi connectivity index (χ3v) is 3.71. The van der Waals surface area contributed by atoms with E-state index in [9.17, 15) is 10.1 Å². The van der Waals surface area contributed by atoms with Gasteiger partial charge in [-0.3, -0.25) is 4.79 Å². The van der Waals surface area contributed by atoms with Crippen LogP contribution in [-0.4, -0.2) is 10.9 Å². The lowest BCUT2D eigenvalue weighted by Gasteiger charge is -2.06. The van der Waals surface area contributed by atoms with Crippen molar-refractivity contribution >= 4 is 29.0 Å². The topological polar surface area (TPSA) is 77.8 Å². The van der Waals surface area contributed by atoms with Gasteiger partial charge in [0, 0.05) is 18.1 Å². The molecule has 5 nitrogen and oxygen atoms in total. The Morgan fingerprint density at radius 2 is 2.04 bits per heavy atom. The van der Waals surface area contributed by atoms with Gasteiger partial charge in [-0.15, -0.1) is 0 Å². The van der Waals surface area contributed by atoms with Crippen LogP contribution in [0.25, 0.3) is 0 Å². The molecule has 1 heterocycles. The number of hydrogen-bond acceptors (Lipinski definition) is 4. The van der Waals surface area contributed by atoms with E-state index in [1.54, 1.807) is 12.1 Å². The Hall–Kier alpha value is -2.84. The first kappa shape index (κ1) is 18.5. The van der Waals surface area contributed by atoms with E-state index < -0.39 is 5.91 Å². The fourth-order valence-corrected chi connectivity index (χ4v) is 2.20. The Balaban J connectivity index is 1.98. The van der Waals surface area contributed by atoms with Crippen LogP contribution in [0.1, 0.15) is 25.3 Å². The number of halogens is 1. The van der Waals surface area contributed by atoms with E-state index in [1.807, 2.05) is 30.3 Å². The minimum atomic E-state index is -0.481. The lowest BCUT2D eigenvalue weighted by atomic mass is 10.1. The predicted octanol–water partition coefficient (Wildman–Crippen LogP) is 4.54. The number of aryl methyl sites for hydroxylation is 1. The number of pyridine rings is 1. The Bertz CT molecular complexity index is 777. The smallest absolute Gasteiger partial charge is 0.267 e. The molecule has 128 valence electrons. The minimum absolute atomic E-state index is 0.0493. The highest BCUT2D eigenvalue weighted by Crippen LogP contribution is 2.13. The van der Waals surface area contributed by atoms with Gasteiger partial charge >= 0.3 is 0 Å². The van der Waals surface area contributed by atoms with Crippen LogP contribution in [0.4, 0.5) is 11.5 Å². The van der Waals surface area contributed by atoms with Crippen LogP contribution in [0, 0.1) is 11.3 Å². The van der Waals surface area contributed by atoms with Crippen molar-refractivity contribution in [3.63, 3.8) is 0 Å². The number of aromatic nitrogens is 1. The van der Waals surface area contributed by atoms with Crippen molar-refractivity contribution in [3.8, 4) is 6.07 Å². The highest BCUT2D eigenvalue weighted by Gasteiger charge is 2.09. The largest absolute Gasteiger partial charge is 0.345 e. The maximum absolute atomic E-state index is 12.2. The van der Waals surface area contributed by atoms with Crippen molar-refractivity contribution in [1.29, 1.82) is 5.26 Å². The highest BCUT2D eigenvalue weighted by atomic mass is 35.5. The van der Waals surface area contributed by atoms with Crippen LogP contribution in [0.2, 0.25) is 5.02 Å². The number of carbonyl (C=O) groups excluding carboxylic acids is 1. The SMILES string of the molecule is CCCCc1ccc(NC(=O)/C(C#N)=C\Nc2ccc(Cl)cn2)cc1. The number of anilines is 2. The second kappa shape index (κ2) is 9.45. The third-order valence-electron chi connectivity index (χ3n) is 3.49. The monoisotopic (exact) mass is 354 g/mol. The summed E-state index contributed by atoms with van der Waals surface area (Å²) in [5, 5.41) is 15.2. The number of nitrogens with zero attached hydrogens (tertiary/aromatic N) is 2. The third kappa shape index (κ3) is 5.94. The molecule has 0 spiro atoms. The summed E-state index contributed by atoms with van der Waals surface area (Å²) < 4.78 is 0. The number of carbonyl (C=O) groups is 1. The zero-order valence-electron chi connectivity index (χ0n) is 13.9. The molecule has 0 saturated carbocycles. The number of rotatable bonds is 7. The minimum Gasteiger partial charge on any atom is -0.345 e. The van der Waals surface area contributed by atoms with Gasteiger partial charge in [-0.1, -0.05) is 37.1 Å². The molecule has 0 aliphatic rings. The molecule has 0 fully saturated rings. The van der Waals surface area contributed by atoms with Crippen molar-refractivity contribution in [2.24, 2.45) is 0 Å². The van der Waals surface area contributed by atoms with Gasteiger partial charge in [0.25, 0.3) is 5.91 Å². The zero-order valence-corrected chi connectivity index (χ0v) is 14.7. The maximum atomic E-state index is 12.2. The van der Waals surface area contributed by atoms with Crippen LogP contribution in [0.15, 0.2) is 54.4 Å². The van der Waals surface area contributed by atoms with E-state index in [0.29, 0.717) is 16.5 Å². The molecule has 1 aromatic carbocycles. The predicted molar refractivity (Wildman–Crippen MR) is 100 cm³/mol. The van der Waals surface area contributed by atoms with Crippen molar-refractivity contribution < 1.29 is 4.79 Å². The molecule has 2 N–H and O–H groups in total. The summed E-state index contributed by atoms with van der Waals surface area (Å²) in [6, 6.07) is 12.8. The number of nitrogens with one attached hydrogen (secondary N) is 2. The molecule has 6 heteroatoms. The second-order valence-electron chi connectivity index (χ2n) is 5.43. The van der Waals surface area contributed by atoms with Gasteiger partial charge in [0.1, 0.15) is 17.5 Å². The molecule has 0 saturated heterocycles. The van der Waals surface area contributed by atoms with Crippen LogP contribution in [0.5, 0.6) is 0 Å². The Labute approximate surface area is 152 Å². The molecular weight excluding hydrogens is 336 g/mol. The van der Waals surface area contributed by atoms with Crippen LogP contribution >= 0.6 is 11.6 Å². The number of hydrogen-bond donors (Lipinski definition) is 2. The van der Waals surface area contributed by atoms with Gasteiger partial charge < -0.3 is 10.6 Å². The molecule has 0 unspecified atom stereocenters. The van der Waals surface area contributed by atoms with E-state index in [-0.39, 0.29) is 5.57 Å². The molecule has 2 aromatic rings. The van der Waals surface area contributed by atoms with E-state index in [1.165, 1.54) is 18.0 Å². The first-order valence-corrected chi connectivity index (χ1v) is 8.39. The molecule has 0 bridgehead atoms. The fourth-order valence-electron chi connectivity index (χ4n) is 2.09. The number of unbranched alkanes of at least 4 members (excludes halogenated alkanes) is 1. The van der Waals surface area contributed by atoms with Crippen molar-refractivity contribution in [2.45, 2.75) is 26.2 Å². The van der Waals surface area contributed by atoms with Crippen LogP contribution in [0.3, 0.4) is 0 Å². The zero-order chi connectivity index (χ0) is 18.1. The van der Waals surface area contributed by atoms with Gasteiger partial charge in [0.05, 0.1) is 5.02 Å². The van der Waals surface area contributed by atoms with Crippen LogP contribution < -0.4 is 10.6 Å². The van der Waals surface area contributed by atoms with E-state index in [0.717, 1.165) is 19.3 Å². The van der Waals surface area contributed by atoms with E-state index in [4.69, 9.17) is 11.6 Å². The van der Waals surface area contributed by atoms with Crippen molar-refractivity contribution in [2.75, 3.05) is 10.6 Å². The van der Waals surface area contributed by atoms with Crippen LogP contribution in [-0.2, 0) is 11.2 Å². The van der Waals surface area contributed by atoms with Gasteiger partial charge in [-0.25, -0.2) is 4.98 Å². The van der Waals surface area contributed by atoms with Crippen molar-refractivity contribution in [1.82, 2.24) is 4.98 Å². The highest BCUT2D eigenvalue weighted by molar-refractivity contribution is 6.30. The Kier molecular flexibility index (Phi) is 7.00. The summed E-state index contributed by atoms with van der Waals surface area (Å²) in [5.74, 6) is 0.00972. The van der Waals surface area contributed by atoms with Crippen molar-refractivity contribution in [3.05, 3.63) is 65.0 Å². The lowest BCUT2D eigenvalue weighted by Crippen LogP contribution is -2.14. The van der Waals surface area contributed by atoms with Gasteiger partial charge in [-0.05, 0) is 42.7 Å². The summed E-state index contributed by atoms with van der Waals surface area (Å²) in [7, 11) is 0. The van der Waals surface area contributed by atoms with Gasteiger partial charge in [0.2, 0.25) is 0 Å². The number of nitriles is 1. The Morgan fingerprint density at radius 1 is 1.28 bits per heavy atom. The second-order valence-corrected chi connectivity index (χ2v) is 5.87. The summed E-state index contributed by atoms with van der Waals surface area (Å²) in [4.78, 5) is 16.2. The van der Waals surface area contributed by atoms with Gasteiger partial charge in [0.15, 0.2) is 0 Å². The average Bonchev–Trinajstić information content (AvgIpc) is 2.63. The molecule has 1 amide bonds. The molecule has 1 aromatic heterocycles. The number of amides is 1. The molecular formula is C19H19ClN4O. The normalized spacial score (nSPS) is 10.8. The molecule has 0 aliphatic carbocycles. The molecule has 25 heavy (non-hydrogen) atoms. The first-order valence-electron chi connectivity index (χ1n) is 8.01. The summed E-state index contributed by atoms with van der Waals surface area (Å²) >= 11 is 5.76. The lowest BCUT2D eigenvalue weighted by molar-refractivity contribution is -0.112. The Morgan fingerprint density at radius 3 is 2.64 bits per heavy atom. The maximum Gasteiger partial charge on any atom is 0.267 e. The molecule has 2 rings (SSSR count). The standard InChI is InChI=1S/C19H19ClN4O/c1-2-3-4-14-5-8-17(9-6-14)24-19(25)15(11-21)12-22-18-10-7-16(20)13-23-18/h5-10,12-13H,2-4H2,1H3,(H,22,23)(H,24,25)/b15-12-. The quantitative estimate of drug-likeness (QED) is 0.565. The first-order chi connectivity index (χ1) is 12.1. The molecule has 0 atom stereocenters.